The maximum atomic E-state index is 5.71. The molecule has 1 aromatic rings. The number of rotatable bonds is 9. The lowest BCUT2D eigenvalue weighted by atomic mass is 9.88. The highest BCUT2D eigenvalue weighted by molar-refractivity contribution is 5.27. The van der Waals surface area contributed by atoms with Crippen LogP contribution in [0.4, 0.5) is 0 Å². The molecule has 0 amide bonds. The van der Waals surface area contributed by atoms with Gasteiger partial charge in [0.1, 0.15) is 5.75 Å². The summed E-state index contributed by atoms with van der Waals surface area (Å²) in [5.74, 6) is 0.969. The summed E-state index contributed by atoms with van der Waals surface area (Å²) in [6, 6.07) is 8.45. The molecule has 4 nitrogen and oxygen atoms in total. The van der Waals surface area contributed by atoms with Crippen molar-refractivity contribution in [1.29, 1.82) is 0 Å². The molecule has 2 rings (SSSR count). The van der Waals surface area contributed by atoms with Crippen LogP contribution in [0.2, 0.25) is 0 Å². The number of nitrogens with zero attached hydrogens (tertiary/aromatic N) is 1. The number of hydrogen-bond donors (Lipinski definition) is 1. The summed E-state index contributed by atoms with van der Waals surface area (Å²) in [6.45, 7) is 6.61. The highest BCUT2D eigenvalue weighted by Crippen LogP contribution is 2.25. The molecular weight excluding hydrogens is 288 g/mol. The lowest BCUT2D eigenvalue weighted by molar-refractivity contribution is -0.00716. The van der Waals surface area contributed by atoms with Gasteiger partial charge < -0.3 is 19.7 Å². The highest BCUT2D eigenvalue weighted by Gasteiger charge is 2.34. The maximum Gasteiger partial charge on any atom is 0.119 e. The van der Waals surface area contributed by atoms with Crippen LogP contribution >= 0.6 is 0 Å². The second-order valence-electron chi connectivity index (χ2n) is 6.68. The normalized spacial score (nSPS) is 17.4. The van der Waals surface area contributed by atoms with Crippen LogP contribution < -0.4 is 10.1 Å². The van der Waals surface area contributed by atoms with Gasteiger partial charge in [0.25, 0.3) is 0 Å². The first-order valence-corrected chi connectivity index (χ1v) is 8.84. The third-order valence-electron chi connectivity index (χ3n) is 4.85. The van der Waals surface area contributed by atoms with Gasteiger partial charge in [-0.1, -0.05) is 25.5 Å². The lowest BCUT2D eigenvalue weighted by Crippen LogP contribution is -2.54. The molecule has 1 aliphatic rings. The SMILES string of the molecule is CCCCOc1ccc(CNCC2(N(C)C)CCOCC2)cc1. The van der Waals surface area contributed by atoms with Crippen LogP contribution in [0.25, 0.3) is 0 Å². The fourth-order valence-electron chi connectivity index (χ4n) is 3.01. The summed E-state index contributed by atoms with van der Waals surface area (Å²) in [4.78, 5) is 2.35. The predicted octanol–water partition coefficient (Wildman–Crippen LogP) is 3.07. The van der Waals surface area contributed by atoms with Crippen LogP contribution in [0.1, 0.15) is 38.2 Å². The third-order valence-corrected chi connectivity index (χ3v) is 4.85. The zero-order valence-corrected chi connectivity index (χ0v) is 14.9. The Labute approximate surface area is 141 Å². The molecule has 0 radical (unpaired) electrons. The van der Waals surface area contributed by atoms with Crippen molar-refractivity contribution in [3.63, 3.8) is 0 Å². The highest BCUT2D eigenvalue weighted by atomic mass is 16.5. The minimum Gasteiger partial charge on any atom is -0.494 e. The van der Waals surface area contributed by atoms with E-state index >= 15 is 0 Å². The van der Waals surface area contributed by atoms with Crippen LogP contribution in [0, 0.1) is 0 Å². The van der Waals surface area contributed by atoms with E-state index < -0.39 is 0 Å². The number of unbranched alkanes of at least 4 members (excludes halogenated alkanes) is 1. The Bertz CT molecular complexity index is 439. The predicted molar refractivity (Wildman–Crippen MR) is 95.0 cm³/mol. The molecule has 0 unspecified atom stereocenters. The summed E-state index contributed by atoms with van der Waals surface area (Å²) < 4.78 is 11.2. The smallest absolute Gasteiger partial charge is 0.119 e. The van der Waals surface area contributed by atoms with Crippen molar-refractivity contribution in [2.75, 3.05) is 40.5 Å². The van der Waals surface area contributed by atoms with Crippen LogP contribution in [-0.2, 0) is 11.3 Å². The first kappa shape index (κ1) is 18.2. The molecule has 0 atom stereocenters. The summed E-state index contributed by atoms with van der Waals surface area (Å²) in [5.41, 5.74) is 1.52. The first-order valence-electron chi connectivity index (χ1n) is 8.84. The molecule has 1 aliphatic heterocycles. The number of ether oxygens (including phenoxy) is 2. The van der Waals surface area contributed by atoms with Gasteiger partial charge in [0.15, 0.2) is 0 Å². The Hall–Kier alpha value is -1.10. The van der Waals surface area contributed by atoms with E-state index in [2.05, 4.69) is 55.5 Å². The Balaban J connectivity index is 1.78. The topological polar surface area (TPSA) is 33.7 Å². The molecule has 0 spiro atoms. The van der Waals surface area contributed by atoms with Crippen LogP contribution in [0.5, 0.6) is 5.75 Å². The van der Waals surface area contributed by atoms with Crippen molar-refractivity contribution in [2.24, 2.45) is 0 Å². The van der Waals surface area contributed by atoms with Gasteiger partial charge in [0.05, 0.1) is 6.61 Å². The minimum absolute atomic E-state index is 0.224. The van der Waals surface area contributed by atoms with Crippen LogP contribution in [0.15, 0.2) is 24.3 Å². The number of benzene rings is 1. The Morgan fingerprint density at radius 1 is 1.17 bits per heavy atom. The zero-order valence-electron chi connectivity index (χ0n) is 14.9. The van der Waals surface area contributed by atoms with E-state index in [1.165, 1.54) is 12.0 Å². The fraction of sp³-hybridized carbons (Fsp3) is 0.684. The van der Waals surface area contributed by atoms with Crippen molar-refractivity contribution in [3.05, 3.63) is 29.8 Å². The van der Waals surface area contributed by atoms with Crippen molar-refractivity contribution in [1.82, 2.24) is 10.2 Å². The Morgan fingerprint density at radius 2 is 1.87 bits per heavy atom. The summed E-state index contributed by atoms with van der Waals surface area (Å²) in [5, 5.41) is 3.63. The van der Waals surface area contributed by atoms with Crippen molar-refractivity contribution < 1.29 is 9.47 Å². The molecule has 1 fully saturated rings. The Kier molecular flexibility index (Phi) is 7.34. The minimum atomic E-state index is 0.224. The van der Waals surface area contributed by atoms with Gasteiger partial charge in [-0.15, -0.1) is 0 Å². The summed E-state index contributed by atoms with van der Waals surface area (Å²) in [6.07, 6.45) is 4.47. The molecule has 1 N–H and O–H groups in total. The molecule has 0 bridgehead atoms. The standard InChI is InChI=1S/C19H32N2O2/c1-4-5-12-23-18-8-6-17(7-9-18)15-20-16-19(21(2)3)10-13-22-14-11-19/h6-9,20H,4-5,10-16H2,1-3H3. The average molecular weight is 320 g/mol. The zero-order chi connectivity index (χ0) is 16.5. The molecule has 1 heterocycles. The van der Waals surface area contributed by atoms with Gasteiger partial charge in [0.2, 0.25) is 0 Å². The summed E-state index contributed by atoms with van der Waals surface area (Å²) in [7, 11) is 4.35. The van der Waals surface area contributed by atoms with Gasteiger partial charge in [-0.05, 0) is 51.1 Å². The number of likely N-dealkylation sites (N-methyl/N-ethyl adjacent to an activating group) is 1. The Morgan fingerprint density at radius 3 is 2.48 bits per heavy atom. The van der Waals surface area contributed by atoms with E-state index in [4.69, 9.17) is 9.47 Å². The van der Waals surface area contributed by atoms with E-state index in [0.29, 0.717) is 0 Å². The number of hydrogen-bond acceptors (Lipinski definition) is 4. The third kappa shape index (κ3) is 5.48. The van der Waals surface area contributed by atoms with Crippen molar-refractivity contribution >= 4 is 0 Å². The lowest BCUT2D eigenvalue weighted by Gasteiger charge is -2.43. The molecule has 0 aromatic heterocycles. The van der Waals surface area contributed by atoms with E-state index in [1.54, 1.807) is 0 Å². The second kappa shape index (κ2) is 9.26. The molecular formula is C19H32N2O2. The summed E-state index contributed by atoms with van der Waals surface area (Å²) >= 11 is 0. The molecule has 0 aliphatic carbocycles. The molecule has 130 valence electrons. The molecule has 1 saturated heterocycles. The maximum absolute atomic E-state index is 5.71. The van der Waals surface area contributed by atoms with Gasteiger partial charge >= 0.3 is 0 Å². The van der Waals surface area contributed by atoms with Gasteiger partial charge in [0, 0.05) is 31.8 Å². The van der Waals surface area contributed by atoms with Crippen LogP contribution in [0.3, 0.4) is 0 Å². The fourth-order valence-corrected chi connectivity index (χ4v) is 3.01. The van der Waals surface area contributed by atoms with Gasteiger partial charge in [-0.2, -0.15) is 0 Å². The van der Waals surface area contributed by atoms with Gasteiger partial charge in [-0.25, -0.2) is 0 Å². The van der Waals surface area contributed by atoms with E-state index in [9.17, 15) is 0 Å². The first-order chi connectivity index (χ1) is 11.2. The molecule has 0 saturated carbocycles. The van der Waals surface area contributed by atoms with Crippen molar-refractivity contribution in [3.8, 4) is 5.75 Å². The quantitative estimate of drug-likeness (QED) is 0.709. The average Bonchev–Trinajstić information content (AvgIpc) is 2.57. The van der Waals surface area contributed by atoms with E-state index in [0.717, 1.165) is 57.9 Å². The second-order valence-corrected chi connectivity index (χ2v) is 6.68. The van der Waals surface area contributed by atoms with E-state index in [1.807, 2.05) is 0 Å². The molecule has 23 heavy (non-hydrogen) atoms. The van der Waals surface area contributed by atoms with E-state index in [-0.39, 0.29) is 5.54 Å². The van der Waals surface area contributed by atoms with Crippen LogP contribution in [-0.4, -0.2) is 50.9 Å². The molecule has 1 aromatic carbocycles. The molecule has 4 heteroatoms. The van der Waals surface area contributed by atoms with Crippen molar-refractivity contribution in [2.45, 2.75) is 44.7 Å². The van der Waals surface area contributed by atoms with Gasteiger partial charge in [-0.3, -0.25) is 0 Å². The largest absolute Gasteiger partial charge is 0.494 e. The number of nitrogens with one attached hydrogen (secondary N) is 1. The monoisotopic (exact) mass is 320 g/mol.